The molecule has 0 spiro atoms. The van der Waals surface area contributed by atoms with Crippen molar-refractivity contribution in [2.24, 2.45) is 11.7 Å². The van der Waals surface area contributed by atoms with E-state index in [-0.39, 0.29) is 17.8 Å². The summed E-state index contributed by atoms with van der Waals surface area (Å²) in [6.07, 6.45) is 1.79. The topological polar surface area (TPSA) is 98.1 Å². The second-order valence-electron chi connectivity index (χ2n) is 4.41. The normalized spacial score (nSPS) is 20.3. The number of piperidine rings is 1. The summed E-state index contributed by atoms with van der Waals surface area (Å²) in [6.45, 7) is 3.36. The Hall–Kier alpha value is -1.85. The largest absolute Gasteiger partial charge is 0.369 e. The second kappa shape index (κ2) is 4.57. The minimum absolute atomic E-state index is 0.0970. The third-order valence-corrected chi connectivity index (χ3v) is 3.01. The fraction of sp³-hybridized carbons (Fsp3) is 0.545. The zero-order chi connectivity index (χ0) is 12.4. The van der Waals surface area contributed by atoms with Crippen LogP contribution in [0.1, 0.15) is 18.5 Å². The van der Waals surface area contributed by atoms with Gasteiger partial charge in [-0.15, -0.1) is 0 Å². The van der Waals surface area contributed by atoms with Crippen molar-refractivity contribution in [3.63, 3.8) is 0 Å². The van der Waals surface area contributed by atoms with Crippen LogP contribution in [-0.4, -0.2) is 29.0 Å². The van der Waals surface area contributed by atoms with Crippen LogP contribution < -0.4 is 16.4 Å². The molecule has 2 rings (SSSR count). The van der Waals surface area contributed by atoms with Gasteiger partial charge in [-0.25, -0.2) is 4.98 Å². The van der Waals surface area contributed by atoms with E-state index in [4.69, 9.17) is 11.5 Å². The first kappa shape index (κ1) is 11.6. The third-order valence-electron chi connectivity index (χ3n) is 3.01. The molecule has 92 valence electrons. The molecule has 0 bridgehead atoms. The summed E-state index contributed by atoms with van der Waals surface area (Å²) in [7, 11) is 0. The zero-order valence-electron chi connectivity index (χ0n) is 9.89. The van der Waals surface area contributed by atoms with Crippen molar-refractivity contribution >= 4 is 17.7 Å². The van der Waals surface area contributed by atoms with Gasteiger partial charge in [-0.05, 0) is 19.8 Å². The summed E-state index contributed by atoms with van der Waals surface area (Å²) in [5, 5.41) is 0. The van der Waals surface area contributed by atoms with Crippen LogP contribution in [0.3, 0.4) is 0 Å². The van der Waals surface area contributed by atoms with Gasteiger partial charge in [-0.1, -0.05) is 0 Å². The number of aromatic nitrogens is 2. The van der Waals surface area contributed by atoms with Crippen molar-refractivity contribution in [2.45, 2.75) is 19.8 Å². The average Bonchev–Trinajstić information content (AvgIpc) is 2.28. The van der Waals surface area contributed by atoms with Crippen LogP contribution in [0.2, 0.25) is 0 Å². The summed E-state index contributed by atoms with van der Waals surface area (Å²) in [5.74, 6) is 0.704. The van der Waals surface area contributed by atoms with Gasteiger partial charge in [0, 0.05) is 24.8 Å². The predicted octanol–water partition coefficient (Wildman–Crippen LogP) is 0.0689. The maximum absolute atomic E-state index is 11.2. The Labute approximate surface area is 100 Å². The van der Waals surface area contributed by atoms with E-state index in [9.17, 15) is 4.79 Å². The monoisotopic (exact) mass is 235 g/mol. The first-order chi connectivity index (χ1) is 8.06. The van der Waals surface area contributed by atoms with Gasteiger partial charge in [0.25, 0.3) is 0 Å². The molecule has 1 saturated heterocycles. The van der Waals surface area contributed by atoms with Gasteiger partial charge in [-0.2, -0.15) is 4.98 Å². The van der Waals surface area contributed by atoms with Crippen LogP contribution in [0, 0.1) is 12.8 Å². The molecule has 1 aliphatic heterocycles. The number of nitrogens with two attached hydrogens (primary N) is 2. The predicted molar refractivity (Wildman–Crippen MR) is 65.3 cm³/mol. The summed E-state index contributed by atoms with van der Waals surface area (Å²) < 4.78 is 0. The molecule has 0 aliphatic carbocycles. The van der Waals surface area contributed by atoms with Crippen molar-refractivity contribution < 1.29 is 4.79 Å². The smallest absolute Gasteiger partial charge is 0.222 e. The van der Waals surface area contributed by atoms with Crippen LogP contribution in [0.4, 0.5) is 11.8 Å². The lowest BCUT2D eigenvalue weighted by Crippen LogP contribution is -2.41. The van der Waals surface area contributed by atoms with Crippen LogP contribution in [0.15, 0.2) is 6.07 Å². The number of anilines is 2. The van der Waals surface area contributed by atoms with Crippen LogP contribution in [-0.2, 0) is 4.79 Å². The van der Waals surface area contributed by atoms with Gasteiger partial charge in [0.1, 0.15) is 5.82 Å². The molecule has 0 aromatic carbocycles. The van der Waals surface area contributed by atoms with Crippen molar-refractivity contribution in [1.29, 1.82) is 0 Å². The van der Waals surface area contributed by atoms with Crippen molar-refractivity contribution in [3.8, 4) is 0 Å². The molecular weight excluding hydrogens is 218 g/mol. The highest BCUT2D eigenvalue weighted by atomic mass is 16.1. The molecule has 6 nitrogen and oxygen atoms in total. The number of carbonyl (C=O) groups excluding carboxylic acids is 1. The fourth-order valence-electron chi connectivity index (χ4n) is 2.15. The Morgan fingerprint density at radius 3 is 2.94 bits per heavy atom. The van der Waals surface area contributed by atoms with Crippen LogP contribution >= 0.6 is 0 Å². The highest BCUT2D eigenvalue weighted by Crippen LogP contribution is 2.22. The number of aryl methyl sites for hydroxylation is 1. The van der Waals surface area contributed by atoms with Gasteiger partial charge >= 0.3 is 0 Å². The number of hydrogen-bond acceptors (Lipinski definition) is 5. The first-order valence-electron chi connectivity index (χ1n) is 5.71. The van der Waals surface area contributed by atoms with E-state index >= 15 is 0 Å². The highest BCUT2D eigenvalue weighted by Gasteiger charge is 2.24. The average molecular weight is 235 g/mol. The maximum Gasteiger partial charge on any atom is 0.222 e. The molecule has 6 heteroatoms. The van der Waals surface area contributed by atoms with E-state index < -0.39 is 0 Å². The molecule has 1 aromatic rings. The maximum atomic E-state index is 11.2. The number of hydrogen-bond donors (Lipinski definition) is 2. The minimum atomic E-state index is -0.242. The lowest BCUT2D eigenvalue weighted by atomic mass is 9.97. The number of carbonyl (C=O) groups is 1. The van der Waals surface area contributed by atoms with Crippen molar-refractivity contribution in [3.05, 3.63) is 11.8 Å². The Balaban J connectivity index is 2.18. The fourth-order valence-corrected chi connectivity index (χ4v) is 2.15. The number of nitrogen functional groups attached to an aromatic ring is 1. The standard InChI is InChI=1S/C11H17N5O/c1-7-5-9(15-11(13)14-7)16-4-2-3-8(6-16)10(12)17/h5,8H,2-4,6H2,1H3,(H2,12,17)(H2,13,14,15). The van der Waals surface area contributed by atoms with Gasteiger partial charge < -0.3 is 16.4 Å². The molecule has 1 amide bonds. The van der Waals surface area contributed by atoms with E-state index in [1.54, 1.807) is 0 Å². The van der Waals surface area contributed by atoms with Gasteiger partial charge in [0.2, 0.25) is 11.9 Å². The summed E-state index contributed by atoms with van der Waals surface area (Å²) in [5.41, 5.74) is 11.8. The number of primary amides is 1. The third kappa shape index (κ3) is 2.64. The van der Waals surface area contributed by atoms with E-state index in [0.717, 1.165) is 30.9 Å². The molecule has 1 fully saturated rings. The Morgan fingerprint density at radius 1 is 1.53 bits per heavy atom. The molecule has 1 aliphatic rings. The van der Waals surface area contributed by atoms with Crippen LogP contribution in [0.5, 0.6) is 0 Å². The number of nitrogens with zero attached hydrogens (tertiary/aromatic N) is 3. The second-order valence-corrected chi connectivity index (χ2v) is 4.41. The Morgan fingerprint density at radius 2 is 2.29 bits per heavy atom. The van der Waals surface area contributed by atoms with Gasteiger partial charge in [0.15, 0.2) is 0 Å². The lowest BCUT2D eigenvalue weighted by molar-refractivity contribution is -0.122. The molecule has 0 saturated carbocycles. The molecule has 1 unspecified atom stereocenters. The summed E-state index contributed by atoms with van der Waals surface area (Å²) in [6, 6.07) is 1.87. The van der Waals surface area contributed by atoms with Crippen molar-refractivity contribution in [2.75, 3.05) is 23.7 Å². The molecular formula is C11H17N5O. The van der Waals surface area contributed by atoms with Crippen LogP contribution in [0.25, 0.3) is 0 Å². The molecule has 4 N–H and O–H groups in total. The Bertz CT molecular complexity index is 414. The van der Waals surface area contributed by atoms with E-state index in [1.165, 1.54) is 0 Å². The lowest BCUT2D eigenvalue weighted by Gasteiger charge is -2.32. The SMILES string of the molecule is Cc1cc(N2CCCC(C(N)=O)C2)nc(N)n1. The summed E-state index contributed by atoms with van der Waals surface area (Å²) >= 11 is 0. The molecule has 2 heterocycles. The van der Waals surface area contributed by atoms with E-state index in [1.807, 2.05) is 17.9 Å². The number of rotatable bonds is 2. The van der Waals surface area contributed by atoms with E-state index in [0.29, 0.717) is 6.54 Å². The quantitative estimate of drug-likeness (QED) is 0.755. The highest BCUT2D eigenvalue weighted by molar-refractivity contribution is 5.77. The van der Waals surface area contributed by atoms with Gasteiger partial charge in [0.05, 0.1) is 5.92 Å². The molecule has 0 radical (unpaired) electrons. The van der Waals surface area contributed by atoms with Gasteiger partial charge in [-0.3, -0.25) is 4.79 Å². The van der Waals surface area contributed by atoms with Crippen molar-refractivity contribution in [1.82, 2.24) is 9.97 Å². The van der Waals surface area contributed by atoms with E-state index in [2.05, 4.69) is 9.97 Å². The number of amides is 1. The molecule has 17 heavy (non-hydrogen) atoms. The summed E-state index contributed by atoms with van der Waals surface area (Å²) in [4.78, 5) is 21.5. The molecule has 1 aromatic heterocycles. The first-order valence-corrected chi connectivity index (χ1v) is 5.71. The Kier molecular flexibility index (Phi) is 3.12. The zero-order valence-corrected chi connectivity index (χ0v) is 9.89. The minimum Gasteiger partial charge on any atom is -0.369 e. The molecule has 1 atom stereocenters.